The van der Waals surface area contributed by atoms with Crippen LogP contribution in [0.1, 0.15) is 5.56 Å². The van der Waals surface area contributed by atoms with Crippen LogP contribution >= 0.6 is 11.6 Å². The van der Waals surface area contributed by atoms with E-state index in [-0.39, 0.29) is 5.91 Å². The van der Waals surface area contributed by atoms with Crippen molar-refractivity contribution in [1.29, 1.82) is 5.26 Å². The van der Waals surface area contributed by atoms with Crippen LogP contribution < -0.4 is 4.90 Å². The van der Waals surface area contributed by atoms with E-state index in [9.17, 15) is 10.1 Å². The molecule has 0 saturated carbocycles. The molecule has 6 heteroatoms. The van der Waals surface area contributed by atoms with Crippen molar-refractivity contribution in [2.75, 3.05) is 31.1 Å². The van der Waals surface area contributed by atoms with Crippen molar-refractivity contribution in [1.82, 2.24) is 9.88 Å². The van der Waals surface area contributed by atoms with E-state index < -0.39 is 0 Å². The number of hydrogen-bond acceptors (Lipinski definition) is 4. The average molecular weight is 453 g/mol. The fourth-order valence-corrected chi connectivity index (χ4v) is 4.83. The summed E-state index contributed by atoms with van der Waals surface area (Å²) >= 11 is 6.83. The third-order valence-corrected chi connectivity index (χ3v) is 6.52. The summed E-state index contributed by atoms with van der Waals surface area (Å²) in [6, 6.07) is 20.6. The highest BCUT2D eigenvalue weighted by atomic mass is 35.5. The third-order valence-electron chi connectivity index (χ3n) is 6.21. The van der Waals surface area contributed by atoms with Gasteiger partial charge >= 0.3 is 0 Å². The van der Waals surface area contributed by atoms with Gasteiger partial charge in [0.2, 0.25) is 5.91 Å². The van der Waals surface area contributed by atoms with E-state index in [1.54, 1.807) is 11.1 Å². The van der Waals surface area contributed by atoms with Gasteiger partial charge in [-0.1, -0.05) is 60.6 Å². The lowest BCUT2D eigenvalue weighted by Crippen LogP contribution is -2.48. The number of nitrogens with zero attached hydrogens (tertiary/aromatic N) is 4. The van der Waals surface area contributed by atoms with E-state index >= 15 is 0 Å². The van der Waals surface area contributed by atoms with Crippen LogP contribution in [0.5, 0.6) is 0 Å². The topological polar surface area (TPSA) is 60.2 Å². The number of nitriles is 1. The molecule has 1 aromatic heterocycles. The summed E-state index contributed by atoms with van der Waals surface area (Å²) in [5.41, 5.74) is 4.05. The Morgan fingerprint density at radius 2 is 1.79 bits per heavy atom. The second-order valence-electron chi connectivity index (χ2n) is 8.02. The predicted octanol–water partition coefficient (Wildman–Crippen LogP) is 5.41. The lowest BCUT2D eigenvalue weighted by atomic mass is 9.96. The van der Waals surface area contributed by atoms with Crippen molar-refractivity contribution in [3.63, 3.8) is 0 Å². The van der Waals surface area contributed by atoms with Gasteiger partial charge < -0.3 is 9.80 Å². The molecule has 1 aliphatic rings. The van der Waals surface area contributed by atoms with Crippen LogP contribution in [0.2, 0.25) is 5.02 Å². The summed E-state index contributed by atoms with van der Waals surface area (Å²) in [7, 11) is 0. The molecule has 2 heterocycles. The zero-order valence-electron chi connectivity index (χ0n) is 18.0. The van der Waals surface area contributed by atoms with Crippen LogP contribution in [0.15, 0.2) is 73.4 Å². The van der Waals surface area contributed by atoms with E-state index in [0.29, 0.717) is 36.8 Å². The number of pyridine rings is 1. The standard InChI is InChI=1S/C27H21ClN4O/c1-2-26(33)31-10-12-32(13-11-31)27-19(16-29)17-30-25-15-22(24(28)14-23(25)27)21-9-5-7-18-6-3-4-8-20(18)21/h2-9,14-15,17H,1,10-13H2. The van der Waals surface area contributed by atoms with E-state index in [1.165, 1.54) is 6.08 Å². The summed E-state index contributed by atoms with van der Waals surface area (Å²) in [6.45, 7) is 5.96. The van der Waals surface area contributed by atoms with Crippen LogP contribution in [0.4, 0.5) is 5.69 Å². The number of carbonyl (C=O) groups excluding carboxylic acids is 1. The summed E-state index contributed by atoms with van der Waals surface area (Å²) in [6.07, 6.45) is 2.96. The smallest absolute Gasteiger partial charge is 0.246 e. The van der Waals surface area contributed by atoms with Crippen molar-refractivity contribution < 1.29 is 4.79 Å². The maximum Gasteiger partial charge on any atom is 0.246 e. The van der Waals surface area contributed by atoms with Gasteiger partial charge in [-0.15, -0.1) is 0 Å². The van der Waals surface area contributed by atoms with Gasteiger partial charge in [0.05, 0.1) is 16.8 Å². The Morgan fingerprint density at radius 1 is 1.03 bits per heavy atom. The Kier molecular flexibility index (Phi) is 5.45. The minimum Gasteiger partial charge on any atom is -0.366 e. The van der Waals surface area contributed by atoms with Gasteiger partial charge in [-0.05, 0) is 34.5 Å². The van der Waals surface area contributed by atoms with Crippen molar-refractivity contribution in [3.8, 4) is 17.2 Å². The number of hydrogen-bond donors (Lipinski definition) is 0. The Labute approximate surface area is 197 Å². The zero-order valence-corrected chi connectivity index (χ0v) is 18.7. The molecule has 5 nitrogen and oxygen atoms in total. The monoisotopic (exact) mass is 452 g/mol. The number of carbonyl (C=O) groups is 1. The first-order valence-corrected chi connectivity index (χ1v) is 11.2. The molecule has 1 aliphatic heterocycles. The normalized spacial score (nSPS) is 13.8. The first-order chi connectivity index (χ1) is 16.1. The fraction of sp³-hybridized carbons (Fsp3) is 0.148. The van der Waals surface area contributed by atoms with E-state index in [0.717, 1.165) is 38.5 Å². The second-order valence-corrected chi connectivity index (χ2v) is 8.43. The molecule has 0 N–H and O–H groups in total. The molecule has 0 aliphatic carbocycles. The molecule has 5 rings (SSSR count). The molecular weight excluding hydrogens is 432 g/mol. The second kappa shape index (κ2) is 8.57. The Bertz CT molecular complexity index is 1440. The average Bonchev–Trinajstić information content (AvgIpc) is 2.87. The van der Waals surface area contributed by atoms with Gasteiger partial charge in [-0.2, -0.15) is 5.26 Å². The predicted molar refractivity (Wildman–Crippen MR) is 133 cm³/mol. The summed E-state index contributed by atoms with van der Waals surface area (Å²) in [5, 5.41) is 13.5. The van der Waals surface area contributed by atoms with E-state index in [4.69, 9.17) is 11.6 Å². The van der Waals surface area contributed by atoms with Crippen molar-refractivity contribution >= 4 is 44.9 Å². The van der Waals surface area contributed by atoms with Gasteiger partial charge in [0.25, 0.3) is 0 Å². The molecule has 33 heavy (non-hydrogen) atoms. The van der Waals surface area contributed by atoms with Gasteiger partial charge in [0.1, 0.15) is 6.07 Å². The molecule has 1 amide bonds. The molecule has 0 unspecified atom stereocenters. The van der Waals surface area contributed by atoms with E-state index in [1.807, 2.05) is 30.3 Å². The van der Waals surface area contributed by atoms with Crippen molar-refractivity contribution in [2.24, 2.45) is 0 Å². The lowest BCUT2D eigenvalue weighted by Gasteiger charge is -2.36. The maximum atomic E-state index is 12.0. The number of rotatable bonds is 3. The summed E-state index contributed by atoms with van der Waals surface area (Å²) < 4.78 is 0. The number of amides is 1. The molecule has 1 saturated heterocycles. The number of aromatic nitrogens is 1. The first kappa shape index (κ1) is 21.0. The van der Waals surface area contributed by atoms with Gasteiger partial charge in [-0.25, -0.2) is 0 Å². The molecule has 162 valence electrons. The van der Waals surface area contributed by atoms with Crippen LogP contribution in [-0.2, 0) is 4.79 Å². The highest BCUT2D eigenvalue weighted by Crippen LogP contribution is 2.39. The van der Waals surface area contributed by atoms with Crippen LogP contribution in [-0.4, -0.2) is 42.0 Å². The number of anilines is 1. The van der Waals surface area contributed by atoms with Gasteiger partial charge in [-0.3, -0.25) is 9.78 Å². The van der Waals surface area contributed by atoms with Crippen LogP contribution in [0.25, 0.3) is 32.8 Å². The largest absolute Gasteiger partial charge is 0.366 e. The molecule has 3 aromatic carbocycles. The number of benzene rings is 3. The minimum atomic E-state index is -0.0717. The first-order valence-electron chi connectivity index (χ1n) is 10.8. The van der Waals surface area contributed by atoms with Gasteiger partial charge in [0, 0.05) is 48.3 Å². The molecule has 0 atom stereocenters. The van der Waals surface area contributed by atoms with Gasteiger partial charge in [0.15, 0.2) is 0 Å². The van der Waals surface area contributed by atoms with E-state index in [2.05, 4.69) is 46.8 Å². The molecule has 4 aromatic rings. The summed E-state index contributed by atoms with van der Waals surface area (Å²) in [4.78, 5) is 20.5. The molecule has 0 bridgehead atoms. The highest BCUT2D eigenvalue weighted by Gasteiger charge is 2.24. The molecule has 0 radical (unpaired) electrons. The lowest BCUT2D eigenvalue weighted by molar-refractivity contribution is -0.126. The molecule has 0 spiro atoms. The Morgan fingerprint density at radius 3 is 2.55 bits per heavy atom. The Balaban J connectivity index is 1.62. The third kappa shape index (κ3) is 3.69. The summed E-state index contributed by atoms with van der Waals surface area (Å²) in [5.74, 6) is -0.0717. The van der Waals surface area contributed by atoms with Crippen LogP contribution in [0.3, 0.4) is 0 Å². The minimum absolute atomic E-state index is 0.0717. The number of piperazine rings is 1. The SMILES string of the molecule is C=CC(=O)N1CCN(c2c(C#N)cnc3cc(-c4cccc5ccccc45)c(Cl)cc23)CC1. The molecular formula is C27H21ClN4O. The fourth-order valence-electron chi connectivity index (χ4n) is 4.57. The van der Waals surface area contributed by atoms with Crippen molar-refractivity contribution in [2.45, 2.75) is 0 Å². The highest BCUT2D eigenvalue weighted by molar-refractivity contribution is 6.35. The Hall–Kier alpha value is -3.88. The zero-order chi connectivity index (χ0) is 22.9. The quantitative estimate of drug-likeness (QED) is 0.390. The van der Waals surface area contributed by atoms with Crippen molar-refractivity contribution in [3.05, 3.63) is 84.0 Å². The van der Waals surface area contributed by atoms with Crippen LogP contribution in [0, 0.1) is 11.3 Å². The molecule has 1 fully saturated rings. The number of fused-ring (bicyclic) bond motifs is 2. The maximum absolute atomic E-state index is 12.0. The number of halogens is 1.